The van der Waals surface area contributed by atoms with Gasteiger partial charge < -0.3 is 4.90 Å². The molecule has 1 aliphatic heterocycles. The second-order valence-corrected chi connectivity index (χ2v) is 4.39. The van der Waals surface area contributed by atoms with E-state index in [4.69, 9.17) is 0 Å². The summed E-state index contributed by atoms with van der Waals surface area (Å²) < 4.78 is 0. The smallest absolute Gasteiger partial charge is 0.240 e. The second-order valence-electron chi connectivity index (χ2n) is 4.39. The molecular weight excluding hydrogens is 200 g/mol. The molecule has 0 bridgehead atoms. The summed E-state index contributed by atoms with van der Waals surface area (Å²) in [5.74, 6) is 0.843. The van der Waals surface area contributed by atoms with Crippen LogP contribution in [0.15, 0.2) is 29.3 Å². The lowest BCUT2D eigenvalue weighted by Crippen LogP contribution is -2.32. The quantitative estimate of drug-likeness (QED) is 0.562. The predicted molar refractivity (Wildman–Crippen MR) is 64.8 cm³/mol. The number of hydrogen-bond donors (Lipinski definition) is 0. The van der Waals surface area contributed by atoms with Crippen LogP contribution in [0.2, 0.25) is 0 Å². The topological polar surface area (TPSA) is 32.7 Å². The minimum absolute atomic E-state index is 0.670. The number of isocyanates is 1. The van der Waals surface area contributed by atoms with Crippen molar-refractivity contribution in [2.45, 2.75) is 19.8 Å². The molecule has 0 unspecified atom stereocenters. The Labute approximate surface area is 95.8 Å². The third-order valence-electron chi connectivity index (χ3n) is 3.17. The number of anilines is 1. The first kappa shape index (κ1) is 10.9. The molecule has 0 aliphatic carbocycles. The highest BCUT2D eigenvalue weighted by Gasteiger charge is 2.15. The number of benzene rings is 1. The lowest BCUT2D eigenvalue weighted by molar-refractivity contribution is 0.438. The fraction of sp³-hybridized carbons (Fsp3) is 0.462. The molecule has 16 heavy (non-hydrogen) atoms. The fourth-order valence-electron chi connectivity index (χ4n) is 2.06. The maximum Gasteiger partial charge on any atom is 0.240 e. The van der Waals surface area contributed by atoms with Crippen LogP contribution in [0.1, 0.15) is 19.8 Å². The molecule has 1 heterocycles. The fourth-order valence-corrected chi connectivity index (χ4v) is 2.06. The third-order valence-corrected chi connectivity index (χ3v) is 3.17. The van der Waals surface area contributed by atoms with Gasteiger partial charge in [-0.3, -0.25) is 0 Å². The van der Waals surface area contributed by atoms with Gasteiger partial charge in [-0.15, -0.1) is 0 Å². The molecule has 3 heteroatoms. The van der Waals surface area contributed by atoms with E-state index in [1.807, 2.05) is 24.3 Å². The minimum Gasteiger partial charge on any atom is -0.372 e. The van der Waals surface area contributed by atoms with E-state index in [0.29, 0.717) is 5.69 Å². The highest BCUT2D eigenvalue weighted by Crippen LogP contribution is 2.24. The number of hydrogen-bond acceptors (Lipinski definition) is 3. The first-order chi connectivity index (χ1) is 7.79. The predicted octanol–water partition coefficient (Wildman–Crippen LogP) is 2.89. The highest BCUT2D eigenvalue weighted by atomic mass is 16.1. The number of piperidine rings is 1. The van der Waals surface area contributed by atoms with Crippen molar-refractivity contribution in [3.8, 4) is 0 Å². The Morgan fingerprint density at radius 2 is 1.88 bits per heavy atom. The van der Waals surface area contributed by atoms with Crippen molar-refractivity contribution in [3.63, 3.8) is 0 Å². The summed E-state index contributed by atoms with van der Waals surface area (Å²) in [6.07, 6.45) is 4.07. The molecule has 1 fully saturated rings. The molecule has 0 radical (unpaired) electrons. The minimum atomic E-state index is 0.670. The molecule has 1 aliphatic rings. The molecular formula is C13H16N2O. The standard InChI is InChI=1S/C13H16N2O/c1-11-6-8-15(9-7-11)13-4-2-12(3-5-13)14-10-16/h2-5,11H,6-9H2,1H3. The van der Waals surface area contributed by atoms with Gasteiger partial charge in [-0.2, -0.15) is 4.99 Å². The Kier molecular flexibility index (Phi) is 3.37. The second kappa shape index (κ2) is 4.95. The van der Waals surface area contributed by atoms with Gasteiger partial charge in [0, 0.05) is 18.8 Å². The van der Waals surface area contributed by atoms with Gasteiger partial charge >= 0.3 is 0 Å². The summed E-state index contributed by atoms with van der Waals surface area (Å²) >= 11 is 0. The summed E-state index contributed by atoms with van der Waals surface area (Å²) in [6.45, 7) is 4.55. The zero-order chi connectivity index (χ0) is 11.4. The molecule has 0 amide bonds. The Hall–Kier alpha value is -1.60. The van der Waals surface area contributed by atoms with E-state index in [2.05, 4.69) is 16.8 Å². The molecule has 0 atom stereocenters. The maximum absolute atomic E-state index is 10.1. The van der Waals surface area contributed by atoms with Gasteiger partial charge in [-0.05, 0) is 43.0 Å². The number of aliphatic imine (C=N–C) groups is 1. The van der Waals surface area contributed by atoms with Crippen molar-refractivity contribution in [1.29, 1.82) is 0 Å². The van der Waals surface area contributed by atoms with E-state index in [1.165, 1.54) is 18.5 Å². The van der Waals surface area contributed by atoms with Gasteiger partial charge in [0.05, 0.1) is 5.69 Å². The van der Waals surface area contributed by atoms with Crippen molar-refractivity contribution in [2.75, 3.05) is 18.0 Å². The molecule has 0 spiro atoms. The molecule has 2 rings (SSSR count). The summed E-state index contributed by atoms with van der Waals surface area (Å²) in [5.41, 5.74) is 1.89. The van der Waals surface area contributed by atoms with Crippen LogP contribution < -0.4 is 4.90 Å². The van der Waals surface area contributed by atoms with Crippen molar-refractivity contribution >= 4 is 17.5 Å². The Morgan fingerprint density at radius 3 is 2.44 bits per heavy atom. The zero-order valence-corrected chi connectivity index (χ0v) is 9.52. The Balaban J connectivity index is 2.07. The van der Waals surface area contributed by atoms with Crippen molar-refractivity contribution in [1.82, 2.24) is 0 Å². The normalized spacial score (nSPS) is 16.9. The molecule has 0 saturated carbocycles. The Bertz CT molecular complexity index is 385. The van der Waals surface area contributed by atoms with Gasteiger partial charge in [0.2, 0.25) is 6.08 Å². The first-order valence-electron chi connectivity index (χ1n) is 5.72. The molecule has 1 aromatic rings. The molecule has 1 saturated heterocycles. The van der Waals surface area contributed by atoms with Crippen LogP contribution in [0.4, 0.5) is 11.4 Å². The third kappa shape index (κ3) is 2.50. The Morgan fingerprint density at radius 1 is 1.25 bits per heavy atom. The van der Waals surface area contributed by atoms with E-state index in [1.54, 1.807) is 6.08 Å². The summed E-state index contributed by atoms with van der Waals surface area (Å²) in [7, 11) is 0. The summed E-state index contributed by atoms with van der Waals surface area (Å²) in [4.78, 5) is 16.1. The van der Waals surface area contributed by atoms with Crippen LogP contribution in [0, 0.1) is 5.92 Å². The van der Waals surface area contributed by atoms with Crippen molar-refractivity contribution in [3.05, 3.63) is 24.3 Å². The monoisotopic (exact) mass is 216 g/mol. The van der Waals surface area contributed by atoms with Crippen molar-refractivity contribution < 1.29 is 4.79 Å². The summed E-state index contributed by atoms with van der Waals surface area (Å²) in [5, 5.41) is 0. The van der Waals surface area contributed by atoms with Crippen LogP contribution in [-0.2, 0) is 4.79 Å². The maximum atomic E-state index is 10.1. The number of carbonyl (C=O) groups excluding carboxylic acids is 1. The van der Waals surface area contributed by atoms with Crippen LogP contribution >= 0.6 is 0 Å². The van der Waals surface area contributed by atoms with Gasteiger partial charge in [0.1, 0.15) is 0 Å². The lowest BCUT2D eigenvalue weighted by atomic mass is 9.99. The first-order valence-corrected chi connectivity index (χ1v) is 5.72. The van der Waals surface area contributed by atoms with Gasteiger partial charge in [0.15, 0.2) is 0 Å². The van der Waals surface area contributed by atoms with Crippen LogP contribution in [-0.4, -0.2) is 19.2 Å². The average Bonchev–Trinajstić information content (AvgIpc) is 2.32. The molecule has 1 aromatic carbocycles. The average molecular weight is 216 g/mol. The van der Waals surface area contributed by atoms with E-state index < -0.39 is 0 Å². The SMILES string of the molecule is CC1CCN(c2ccc(N=C=O)cc2)CC1. The van der Waals surface area contributed by atoms with Crippen LogP contribution in [0.5, 0.6) is 0 Å². The summed E-state index contributed by atoms with van der Waals surface area (Å²) in [6, 6.07) is 7.76. The lowest BCUT2D eigenvalue weighted by Gasteiger charge is -2.32. The van der Waals surface area contributed by atoms with Crippen molar-refractivity contribution in [2.24, 2.45) is 10.9 Å². The number of rotatable bonds is 2. The van der Waals surface area contributed by atoms with Gasteiger partial charge in [-0.1, -0.05) is 6.92 Å². The van der Waals surface area contributed by atoms with Crippen LogP contribution in [0.3, 0.4) is 0 Å². The molecule has 84 valence electrons. The van der Waals surface area contributed by atoms with E-state index >= 15 is 0 Å². The van der Waals surface area contributed by atoms with E-state index in [9.17, 15) is 4.79 Å². The van der Waals surface area contributed by atoms with Gasteiger partial charge in [-0.25, -0.2) is 4.79 Å². The molecule has 0 aromatic heterocycles. The van der Waals surface area contributed by atoms with E-state index in [0.717, 1.165) is 19.0 Å². The highest BCUT2D eigenvalue weighted by molar-refractivity contribution is 5.56. The zero-order valence-electron chi connectivity index (χ0n) is 9.52. The molecule has 0 N–H and O–H groups in total. The number of nitrogens with zero attached hydrogens (tertiary/aromatic N) is 2. The molecule has 3 nitrogen and oxygen atoms in total. The van der Waals surface area contributed by atoms with Crippen LogP contribution in [0.25, 0.3) is 0 Å². The van der Waals surface area contributed by atoms with Gasteiger partial charge in [0.25, 0.3) is 0 Å². The largest absolute Gasteiger partial charge is 0.372 e. The van der Waals surface area contributed by atoms with E-state index in [-0.39, 0.29) is 0 Å².